The summed E-state index contributed by atoms with van der Waals surface area (Å²) in [6, 6.07) is 14.6. The molecular weight excluding hydrogens is 378 g/mol. The Bertz CT molecular complexity index is 992. The molecule has 2 aliphatic heterocycles. The Morgan fingerprint density at radius 3 is 2.86 bits per heavy atom. The summed E-state index contributed by atoms with van der Waals surface area (Å²) >= 11 is 0. The molecule has 2 bridgehead atoms. The molecule has 0 aromatic heterocycles. The van der Waals surface area contributed by atoms with E-state index in [4.69, 9.17) is 4.84 Å². The van der Waals surface area contributed by atoms with Gasteiger partial charge in [-0.2, -0.15) is 5.48 Å². The van der Waals surface area contributed by atoms with E-state index in [-0.39, 0.29) is 23.9 Å². The number of hydroxylamine groups is 1. The van der Waals surface area contributed by atoms with Gasteiger partial charge in [-0.05, 0) is 37.0 Å². The first-order valence-corrected chi connectivity index (χ1v) is 11.0. The number of carbonyl (C=O) groups is 1. The number of hydrogen-bond acceptors (Lipinski definition) is 4. The van der Waals surface area contributed by atoms with E-state index in [1.165, 1.54) is 0 Å². The van der Waals surface area contributed by atoms with Crippen LogP contribution in [0, 0.1) is 0 Å². The van der Waals surface area contributed by atoms with Crippen molar-refractivity contribution in [2.75, 3.05) is 12.3 Å². The van der Waals surface area contributed by atoms with Crippen molar-refractivity contribution < 1.29 is 18.0 Å². The molecule has 2 atom stereocenters. The Labute approximate surface area is 164 Å². The lowest BCUT2D eigenvalue weighted by Gasteiger charge is -2.28. The number of sulfonamides is 1. The van der Waals surface area contributed by atoms with Gasteiger partial charge < -0.3 is 9.74 Å². The smallest absolute Gasteiger partial charge is 0.350 e. The van der Waals surface area contributed by atoms with Crippen molar-refractivity contribution in [3.63, 3.8) is 0 Å². The summed E-state index contributed by atoms with van der Waals surface area (Å²) in [6.45, 7) is 2.06. The third kappa shape index (κ3) is 3.70. The molecule has 2 N–H and O–H groups in total. The van der Waals surface area contributed by atoms with Crippen LogP contribution in [0.1, 0.15) is 18.9 Å². The van der Waals surface area contributed by atoms with Crippen LogP contribution < -0.4 is 15.0 Å². The number of urea groups is 1. The van der Waals surface area contributed by atoms with Crippen molar-refractivity contribution in [2.24, 2.45) is 0 Å². The topological polar surface area (TPSA) is 87.7 Å². The summed E-state index contributed by atoms with van der Waals surface area (Å²) in [5, 5.41) is 0. The van der Waals surface area contributed by atoms with Crippen LogP contribution in [-0.2, 0) is 16.4 Å². The van der Waals surface area contributed by atoms with Crippen molar-refractivity contribution in [2.45, 2.75) is 31.8 Å². The normalized spacial score (nSPS) is 21.8. The average Bonchev–Trinajstić information content (AvgIpc) is 3.07. The fraction of sp³-hybridized carbons (Fsp3) is 0.350. The highest BCUT2D eigenvalue weighted by molar-refractivity contribution is 7.89. The summed E-state index contributed by atoms with van der Waals surface area (Å²) in [4.78, 5) is 20.0. The van der Waals surface area contributed by atoms with Crippen LogP contribution in [0.4, 0.5) is 4.79 Å². The first kappa shape index (κ1) is 18.8. The maximum absolute atomic E-state index is 12.8. The molecule has 2 amide bonds. The average molecular weight is 401 g/mol. The molecule has 2 heterocycles. The van der Waals surface area contributed by atoms with Crippen LogP contribution in [0.5, 0.6) is 5.75 Å². The van der Waals surface area contributed by atoms with E-state index in [0.717, 1.165) is 16.7 Å². The third-order valence-corrected chi connectivity index (χ3v) is 6.76. The molecule has 0 saturated carbocycles. The van der Waals surface area contributed by atoms with Crippen LogP contribution in [0.25, 0.3) is 11.1 Å². The number of para-hydroxylation sites is 1. The van der Waals surface area contributed by atoms with Crippen molar-refractivity contribution >= 4 is 16.1 Å². The Kier molecular flexibility index (Phi) is 4.99. The molecule has 2 aliphatic rings. The van der Waals surface area contributed by atoms with Gasteiger partial charge >= 0.3 is 6.03 Å². The number of fused-ring (bicyclic) bond motifs is 5. The second-order valence-corrected chi connectivity index (χ2v) is 9.13. The maximum atomic E-state index is 12.8. The summed E-state index contributed by atoms with van der Waals surface area (Å²) in [7, 11) is -3.37. The standard InChI is InChI=1S/C20H23N3O4S/c1-2-28(25,26)22-17-10-11-23-18(17)13-14-6-5-7-15(12-14)16-8-3-4-9-19(16)27-21-20(23)24/h3-9,12,17-18,22H,2,10-11,13H2,1H3,(H,21,24)/t17-,18-/m0/s1. The third-order valence-electron chi connectivity index (χ3n) is 5.34. The number of hydrogen-bond donors (Lipinski definition) is 2. The fourth-order valence-corrected chi connectivity index (χ4v) is 4.77. The molecule has 4 rings (SSSR count). The second-order valence-electron chi connectivity index (χ2n) is 7.09. The van der Waals surface area contributed by atoms with E-state index in [9.17, 15) is 13.2 Å². The largest absolute Gasteiger partial charge is 0.377 e. The number of carbonyl (C=O) groups excluding carboxylic acids is 1. The molecule has 2 aromatic carbocycles. The van der Waals surface area contributed by atoms with Crippen LogP contribution in [0.2, 0.25) is 0 Å². The summed E-state index contributed by atoms with van der Waals surface area (Å²) in [5.41, 5.74) is 5.44. The van der Waals surface area contributed by atoms with Gasteiger partial charge in [-0.3, -0.25) is 0 Å². The molecule has 1 fully saturated rings. The van der Waals surface area contributed by atoms with Crippen LogP contribution >= 0.6 is 0 Å². The first-order valence-electron chi connectivity index (χ1n) is 9.38. The zero-order valence-electron chi connectivity index (χ0n) is 15.6. The highest BCUT2D eigenvalue weighted by Gasteiger charge is 2.39. The number of nitrogens with one attached hydrogen (secondary N) is 2. The molecule has 28 heavy (non-hydrogen) atoms. The first-order chi connectivity index (χ1) is 13.5. The van der Waals surface area contributed by atoms with E-state index in [0.29, 0.717) is 25.1 Å². The van der Waals surface area contributed by atoms with Gasteiger partial charge in [-0.1, -0.05) is 42.5 Å². The lowest BCUT2D eigenvalue weighted by atomic mass is 9.96. The van der Waals surface area contributed by atoms with Crippen molar-refractivity contribution in [3.8, 4) is 16.9 Å². The number of rotatable bonds is 3. The molecule has 0 spiro atoms. The summed E-state index contributed by atoms with van der Waals surface area (Å²) < 4.78 is 27.0. The fourth-order valence-electron chi connectivity index (χ4n) is 3.87. The molecule has 0 aliphatic carbocycles. The van der Waals surface area contributed by atoms with E-state index in [2.05, 4.69) is 16.3 Å². The van der Waals surface area contributed by atoms with Gasteiger partial charge in [0.1, 0.15) is 0 Å². The van der Waals surface area contributed by atoms with Gasteiger partial charge in [-0.15, -0.1) is 0 Å². The van der Waals surface area contributed by atoms with Crippen LogP contribution in [0.3, 0.4) is 0 Å². The SMILES string of the molecule is CCS(=O)(=O)N[C@H]1CCN2C(=O)NOc3ccccc3-c3cccc(c3)C[C@@H]12. The van der Waals surface area contributed by atoms with Crippen molar-refractivity contribution in [1.82, 2.24) is 15.1 Å². The Morgan fingerprint density at radius 2 is 2.04 bits per heavy atom. The lowest BCUT2D eigenvalue weighted by Crippen LogP contribution is -2.51. The van der Waals surface area contributed by atoms with E-state index in [1.54, 1.807) is 17.9 Å². The van der Waals surface area contributed by atoms with E-state index in [1.807, 2.05) is 36.4 Å². The van der Waals surface area contributed by atoms with Gasteiger partial charge in [-0.25, -0.2) is 17.9 Å². The van der Waals surface area contributed by atoms with Gasteiger partial charge in [0.05, 0.1) is 11.8 Å². The number of amides is 2. The molecule has 7 nitrogen and oxygen atoms in total. The Hall–Kier alpha value is -2.58. The van der Waals surface area contributed by atoms with Crippen molar-refractivity contribution in [1.29, 1.82) is 0 Å². The van der Waals surface area contributed by atoms with Gasteiger partial charge in [0, 0.05) is 18.2 Å². The maximum Gasteiger partial charge on any atom is 0.350 e. The molecule has 2 aromatic rings. The predicted octanol–water partition coefficient (Wildman–Crippen LogP) is 2.30. The Morgan fingerprint density at radius 1 is 1.21 bits per heavy atom. The lowest BCUT2D eigenvalue weighted by molar-refractivity contribution is 0.137. The highest BCUT2D eigenvalue weighted by atomic mass is 32.2. The van der Waals surface area contributed by atoms with Gasteiger partial charge in [0.25, 0.3) is 0 Å². The molecule has 8 heteroatoms. The molecule has 148 valence electrons. The quantitative estimate of drug-likeness (QED) is 0.826. The minimum atomic E-state index is -3.37. The molecule has 0 radical (unpaired) electrons. The molecule has 1 saturated heterocycles. The van der Waals surface area contributed by atoms with Crippen LogP contribution in [0.15, 0.2) is 48.5 Å². The summed E-state index contributed by atoms with van der Waals surface area (Å²) in [5.74, 6) is 0.574. The second kappa shape index (κ2) is 7.44. The molecular formula is C20H23N3O4S. The highest BCUT2D eigenvalue weighted by Crippen LogP contribution is 2.32. The zero-order chi connectivity index (χ0) is 19.7. The van der Waals surface area contributed by atoms with E-state index < -0.39 is 10.0 Å². The van der Waals surface area contributed by atoms with Gasteiger partial charge in [0.2, 0.25) is 10.0 Å². The molecule has 0 unspecified atom stereocenters. The van der Waals surface area contributed by atoms with E-state index >= 15 is 0 Å². The predicted molar refractivity (Wildman–Crippen MR) is 106 cm³/mol. The Balaban J connectivity index is 1.72. The number of nitrogens with zero attached hydrogens (tertiary/aromatic N) is 1. The monoisotopic (exact) mass is 401 g/mol. The minimum absolute atomic E-state index is 0.0102. The summed E-state index contributed by atoms with van der Waals surface area (Å²) in [6.07, 6.45) is 1.12. The van der Waals surface area contributed by atoms with Crippen LogP contribution in [-0.4, -0.2) is 43.7 Å². The zero-order valence-corrected chi connectivity index (χ0v) is 16.4. The van der Waals surface area contributed by atoms with Crippen molar-refractivity contribution in [3.05, 3.63) is 54.1 Å². The number of benzene rings is 2. The minimum Gasteiger partial charge on any atom is -0.377 e. The van der Waals surface area contributed by atoms with Gasteiger partial charge in [0.15, 0.2) is 5.75 Å².